The van der Waals surface area contributed by atoms with Gasteiger partial charge >= 0.3 is 5.97 Å². The third kappa shape index (κ3) is 3.91. The van der Waals surface area contributed by atoms with Crippen LogP contribution in [-0.4, -0.2) is 34.1 Å². The Morgan fingerprint density at radius 3 is 2.77 bits per heavy atom. The Morgan fingerprint density at radius 2 is 2.05 bits per heavy atom. The average molecular weight is 303 g/mol. The van der Waals surface area contributed by atoms with Gasteiger partial charge in [0.15, 0.2) is 6.61 Å². The van der Waals surface area contributed by atoms with Gasteiger partial charge in [0, 0.05) is 6.04 Å². The molecule has 1 heterocycles. The molecule has 0 saturated heterocycles. The number of hydrogen-bond donors (Lipinski definition) is 1. The Labute approximate surface area is 126 Å². The molecule has 0 unspecified atom stereocenters. The number of amides is 1. The van der Waals surface area contributed by atoms with Gasteiger partial charge in [-0.05, 0) is 26.0 Å². The number of fused-ring (bicyclic) bond motifs is 1. The molecule has 2 aromatic rings. The van der Waals surface area contributed by atoms with Crippen molar-refractivity contribution >= 4 is 22.8 Å². The summed E-state index contributed by atoms with van der Waals surface area (Å²) in [5.74, 6) is -1.05. The fourth-order valence-corrected chi connectivity index (χ4v) is 1.91. The Hall–Kier alpha value is -2.70. The molecular weight excluding hydrogens is 286 g/mol. The fraction of sp³-hybridized carbons (Fsp3) is 0.333. The van der Waals surface area contributed by atoms with Crippen molar-refractivity contribution in [3.8, 4) is 0 Å². The summed E-state index contributed by atoms with van der Waals surface area (Å²) >= 11 is 0. The van der Waals surface area contributed by atoms with Gasteiger partial charge < -0.3 is 10.1 Å². The number of benzene rings is 1. The number of rotatable bonds is 5. The summed E-state index contributed by atoms with van der Waals surface area (Å²) in [5, 5.41) is 3.03. The lowest BCUT2D eigenvalue weighted by molar-refractivity contribution is -0.149. The minimum atomic E-state index is -0.668. The molecule has 7 heteroatoms. The van der Waals surface area contributed by atoms with Crippen LogP contribution in [0.5, 0.6) is 0 Å². The summed E-state index contributed by atoms with van der Waals surface area (Å²) in [6.07, 6.45) is 1.29. The van der Waals surface area contributed by atoms with Crippen LogP contribution in [0.3, 0.4) is 0 Å². The molecule has 1 N–H and O–H groups in total. The smallest absolute Gasteiger partial charge is 0.326 e. The molecule has 0 spiro atoms. The van der Waals surface area contributed by atoms with E-state index in [-0.39, 0.29) is 30.7 Å². The van der Waals surface area contributed by atoms with Crippen LogP contribution >= 0.6 is 0 Å². The molecular formula is C15H17N3O4. The molecule has 116 valence electrons. The molecule has 0 saturated carbocycles. The standard InChI is InChI=1S/C15H17N3O4/c1-10(2)17-13(19)8-22-14(20)7-18-9-16-12-6-4-3-5-11(12)15(18)21/h3-6,9-10H,7-8H2,1-2H3,(H,17,19). The summed E-state index contributed by atoms with van der Waals surface area (Å²) in [7, 11) is 0. The van der Waals surface area contributed by atoms with Crippen LogP contribution in [0.25, 0.3) is 10.9 Å². The monoisotopic (exact) mass is 303 g/mol. The SMILES string of the molecule is CC(C)NC(=O)COC(=O)Cn1cnc2ccccc2c1=O. The summed E-state index contributed by atoms with van der Waals surface area (Å²) in [5.41, 5.74) is 0.239. The van der Waals surface area contributed by atoms with Crippen LogP contribution < -0.4 is 10.9 Å². The van der Waals surface area contributed by atoms with Crippen LogP contribution in [0.2, 0.25) is 0 Å². The van der Waals surface area contributed by atoms with E-state index in [1.54, 1.807) is 38.1 Å². The summed E-state index contributed by atoms with van der Waals surface area (Å²) < 4.78 is 5.99. The number of ether oxygens (including phenoxy) is 1. The highest BCUT2D eigenvalue weighted by Gasteiger charge is 2.11. The second-order valence-corrected chi connectivity index (χ2v) is 5.08. The van der Waals surface area contributed by atoms with Crippen molar-refractivity contribution in [3.05, 3.63) is 40.9 Å². The Balaban J connectivity index is 2.02. The molecule has 1 aromatic carbocycles. The van der Waals surface area contributed by atoms with Gasteiger partial charge in [-0.3, -0.25) is 19.0 Å². The highest BCUT2D eigenvalue weighted by Crippen LogP contribution is 2.04. The van der Waals surface area contributed by atoms with E-state index < -0.39 is 5.97 Å². The van der Waals surface area contributed by atoms with Crippen LogP contribution in [0.15, 0.2) is 35.4 Å². The zero-order valence-corrected chi connectivity index (χ0v) is 12.4. The first-order valence-electron chi connectivity index (χ1n) is 6.86. The molecule has 1 aromatic heterocycles. The van der Waals surface area contributed by atoms with E-state index in [0.717, 1.165) is 4.57 Å². The maximum Gasteiger partial charge on any atom is 0.326 e. The first-order chi connectivity index (χ1) is 10.5. The highest BCUT2D eigenvalue weighted by molar-refractivity contribution is 5.81. The molecule has 0 aliphatic carbocycles. The number of hydrogen-bond acceptors (Lipinski definition) is 5. The molecule has 0 aliphatic rings. The summed E-state index contributed by atoms with van der Waals surface area (Å²) in [4.78, 5) is 39.4. The van der Waals surface area contributed by atoms with E-state index >= 15 is 0 Å². The molecule has 0 radical (unpaired) electrons. The summed E-state index contributed by atoms with van der Waals surface area (Å²) in [6, 6.07) is 6.84. The van der Waals surface area contributed by atoms with Crippen molar-refractivity contribution in [2.45, 2.75) is 26.4 Å². The van der Waals surface area contributed by atoms with Crippen molar-refractivity contribution in [3.63, 3.8) is 0 Å². The maximum absolute atomic E-state index is 12.2. The molecule has 0 aliphatic heterocycles. The number of nitrogens with one attached hydrogen (secondary N) is 1. The maximum atomic E-state index is 12.2. The van der Waals surface area contributed by atoms with E-state index in [1.165, 1.54) is 6.33 Å². The van der Waals surface area contributed by atoms with Gasteiger partial charge in [-0.2, -0.15) is 0 Å². The van der Waals surface area contributed by atoms with E-state index in [0.29, 0.717) is 10.9 Å². The molecule has 22 heavy (non-hydrogen) atoms. The van der Waals surface area contributed by atoms with Crippen LogP contribution in [0.4, 0.5) is 0 Å². The van der Waals surface area contributed by atoms with Crippen molar-refractivity contribution in [2.75, 3.05) is 6.61 Å². The number of aromatic nitrogens is 2. The number of carbonyl (C=O) groups excluding carboxylic acids is 2. The first kappa shape index (κ1) is 15.7. The predicted molar refractivity (Wildman–Crippen MR) is 80.2 cm³/mol. The second-order valence-electron chi connectivity index (χ2n) is 5.08. The third-order valence-corrected chi connectivity index (χ3v) is 2.84. The lowest BCUT2D eigenvalue weighted by atomic mass is 10.2. The first-order valence-corrected chi connectivity index (χ1v) is 6.86. The molecule has 0 bridgehead atoms. The quantitative estimate of drug-likeness (QED) is 0.811. The molecule has 7 nitrogen and oxygen atoms in total. The molecule has 0 fully saturated rings. The third-order valence-electron chi connectivity index (χ3n) is 2.84. The predicted octanol–water partition coefficient (Wildman–Crippen LogP) is 0.464. The number of carbonyl (C=O) groups is 2. The van der Waals surface area contributed by atoms with E-state index in [1.807, 2.05) is 0 Å². The summed E-state index contributed by atoms with van der Waals surface area (Å²) in [6.45, 7) is 2.96. The Bertz CT molecular complexity index is 752. The lowest BCUT2D eigenvalue weighted by Crippen LogP contribution is -2.35. The van der Waals surface area contributed by atoms with E-state index in [4.69, 9.17) is 4.74 Å². The second kappa shape index (κ2) is 6.84. The number of para-hydroxylation sites is 1. The highest BCUT2D eigenvalue weighted by atomic mass is 16.5. The van der Waals surface area contributed by atoms with Gasteiger partial charge in [0.05, 0.1) is 17.2 Å². The fourth-order valence-electron chi connectivity index (χ4n) is 1.91. The van der Waals surface area contributed by atoms with Gasteiger partial charge in [-0.25, -0.2) is 4.98 Å². The van der Waals surface area contributed by atoms with Gasteiger partial charge in [0.2, 0.25) is 0 Å². The topological polar surface area (TPSA) is 90.3 Å². The van der Waals surface area contributed by atoms with Gasteiger partial charge in [0.25, 0.3) is 11.5 Å². The number of nitrogens with zero attached hydrogens (tertiary/aromatic N) is 2. The normalized spacial score (nSPS) is 10.7. The van der Waals surface area contributed by atoms with Crippen molar-refractivity contribution in [1.29, 1.82) is 0 Å². The van der Waals surface area contributed by atoms with Gasteiger partial charge in [-0.15, -0.1) is 0 Å². The van der Waals surface area contributed by atoms with E-state index in [9.17, 15) is 14.4 Å². The zero-order chi connectivity index (χ0) is 16.1. The van der Waals surface area contributed by atoms with Crippen LogP contribution in [-0.2, 0) is 20.9 Å². The largest absolute Gasteiger partial charge is 0.454 e. The number of esters is 1. The van der Waals surface area contributed by atoms with Crippen molar-refractivity contribution < 1.29 is 14.3 Å². The molecule has 1 amide bonds. The van der Waals surface area contributed by atoms with Gasteiger partial charge in [-0.1, -0.05) is 12.1 Å². The zero-order valence-electron chi connectivity index (χ0n) is 12.4. The Morgan fingerprint density at radius 1 is 1.32 bits per heavy atom. The van der Waals surface area contributed by atoms with Crippen molar-refractivity contribution in [2.24, 2.45) is 0 Å². The van der Waals surface area contributed by atoms with Crippen LogP contribution in [0, 0.1) is 0 Å². The minimum Gasteiger partial charge on any atom is -0.454 e. The average Bonchev–Trinajstić information content (AvgIpc) is 2.48. The van der Waals surface area contributed by atoms with Crippen molar-refractivity contribution in [1.82, 2.24) is 14.9 Å². The lowest BCUT2D eigenvalue weighted by Gasteiger charge is -2.09. The molecule has 2 rings (SSSR count). The van der Waals surface area contributed by atoms with Gasteiger partial charge in [0.1, 0.15) is 6.54 Å². The minimum absolute atomic E-state index is 0.0292. The van der Waals surface area contributed by atoms with Crippen LogP contribution in [0.1, 0.15) is 13.8 Å². The van der Waals surface area contributed by atoms with E-state index in [2.05, 4.69) is 10.3 Å². The Kier molecular flexibility index (Phi) is 4.88. The molecule has 0 atom stereocenters.